The maximum Gasteiger partial charge on any atom is 0.0794 e. The summed E-state index contributed by atoms with van der Waals surface area (Å²) >= 11 is 1.68. The zero-order valence-electron chi connectivity index (χ0n) is 8.73. The summed E-state index contributed by atoms with van der Waals surface area (Å²) in [6.45, 7) is 3.03. The molecule has 0 saturated heterocycles. The Bertz CT molecular complexity index is 409. The number of nitrogens with one attached hydrogen (secondary N) is 1. The predicted molar refractivity (Wildman–Crippen MR) is 65.3 cm³/mol. The number of hydrogen-bond donors (Lipinski definition) is 1. The van der Waals surface area contributed by atoms with E-state index in [1.165, 1.54) is 16.1 Å². The monoisotopic (exact) mass is 218 g/mol. The van der Waals surface area contributed by atoms with Crippen molar-refractivity contribution in [1.82, 2.24) is 4.98 Å². The molecule has 1 heterocycles. The van der Waals surface area contributed by atoms with Crippen molar-refractivity contribution in [2.45, 2.75) is 19.9 Å². The highest BCUT2D eigenvalue weighted by Crippen LogP contribution is 2.13. The third-order valence-electron chi connectivity index (χ3n) is 2.29. The van der Waals surface area contributed by atoms with Gasteiger partial charge in [0.25, 0.3) is 0 Å². The first-order chi connectivity index (χ1) is 7.38. The lowest BCUT2D eigenvalue weighted by molar-refractivity contribution is 1.12. The summed E-state index contributed by atoms with van der Waals surface area (Å²) in [4.78, 5) is 5.31. The Morgan fingerprint density at radius 1 is 1.40 bits per heavy atom. The maximum atomic E-state index is 4.05. The van der Waals surface area contributed by atoms with E-state index in [-0.39, 0.29) is 0 Å². The molecule has 78 valence electrons. The first-order valence-corrected chi connectivity index (χ1v) is 5.96. The van der Waals surface area contributed by atoms with Crippen LogP contribution in [0.15, 0.2) is 36.0 Å². The predicted octanol–water partition coefficient (Wildman–Crippen LogP) is 3.32. The molecule has 0 atom stereocenters. The van der Waals surface area contributed by atoms with Gasteiger partial charge in [0.15, 0.2) is 0 Å². The number of aryl methyl sites for hydroxylation is 1. The number of hydrogen-bond acceptors (Lipinski definition) is 3. The van der Waals surface area contributed by atoms with Crippen LogP contribution in [-0.2, 0) is 13.0 Å². The highest BCUT2D eigenvalue weighted by atomic mass is 32.1. The summed E-state index contributed by atoms with van der Waals surface area (Å²) in [5.41, 5.74) is 4.41. The quantitative estimate of drug-likeness (QED) is 0.851. The minimum Gasteiger partial charge on any atom is -0.380 e. The second-order valence-electron chi connectivity index (χ2n) is 3.38. The lowest BCUT2D eigenvalue weighted by Gasteiger charge is -2.05. The highest BCUT2D eigenvalue weighted by Gasteiger charge is 1.96. The van der Waals surface area contributed by atoms with E-state index in [9.17, 15) is 0 Å². The first kappa shape index (κ1) is 10.2. The van der Waals surface area contributed by atoms with E-state index in [1.807, 2.05) is 11.7 Å². The van der Waals surface area contributed by atoms with E-state index in [0.29, 0.717) is 0 Å². The van der Waals surface area contributed by atoms with Crippen LogP contribution in [0.4, 0.5) is 5.69 Å². The minimum absolute atomic E-state index is 0.859. The molecule has 0 saturated carbocycles. The van der Waals surface area contributed by atoms with E-state index in [0.717, 1.165) is 13.0 Å². The van der Waals surface area contributed by atoms with Gasteiger partial charge in [0.1, 0.15) is 0 Å². The Hall–Kier alpha value is -1.35. The summed E-state index contributed by atoms with van der Waals surface area (Å²) in [6.07, 6.45) is 2.98. The second kappa shape index (κ2) is 4.94. The third-order valence-corrected chi connectivity index (χ3v) is 3.07. The van der Waals surface area contributed by atoms with Crippen molar-refractivity contribution in [2.75, 3.05) is 5.32 Å². The molecular formula is C12H14N2S. The fourth-order valence-electron chi connectivity index (χ4n) is 1.42. The van der Waals surface area contributed by atoms with Crippen LogP contribution in [0.25, 0.3) is 0 Å². The van der Waals surface area contributed by atoms with Crippen LogP contribution in [0.2, 0.25) is 0 Å². The molecular weight excluding hydrogens is 204 g/mol. The molecule has 0 amide bonds. The minimum atomic E-state index is 0.859. The van der Waals surface area contributed by atoms with Gasteiger partial charge in [-0.05, 0) is 24.1 Å². The molecule has 1 aromatic heterocycles. The van der Waals surface area contributed by atoms with E-state index >= 15 is 0 Å². The molecule has 0 spiro atoms. The molecule has 2 nitrogen and oxygen atoms in total. The summed E-state index contributed by atoms with van der Waals surface area (Å²) in [6, 6.07) is 8.53. The van der Waals surface area contributed by atoms with Crippen molar-refractivity contribution in [3.05, 3.63) is 46.4 Å². The fraction of sp³-hybridized carbons (Fsp3) is 0.250. The molecule has 1 aromatic carbocycles. The Labute approximate surface area is 94.0 Å². The number of anilines is 1. The average Bonchev–Trinajstić information content (AvgIpc) is 2.79. The molecule has 0 aliphatic heterocycles. The van der Waals surface area contributed by atoms with Gasteiger partial charge in [0.2, 0.25) is 0 Å². The number of thiazole rings is 1. The topological polar surface area (TPSA) is 24.9 Å². The molecule has 0 aliphatic carbocycles. The Morgan fingerprint density at radius 2 is 2.33 bits per heavy atom. The zero-order chi connectivity index (χ0) is 10.5. The Morgan fingerprint density at radius 3 is 3.07 bits per heavy atom. The maximum absolute atomic E-state index is 4.05. The number of benzene rings is 1. The molecule has 15 heavy (non-hydrogen) atoms. The molecule has 2 aromatic rings. The molecule has 0 unspecified atom stereocenters. The second-order valence-corrected chi connectivity index (χ2v) is 4.35. The summed E-state index contributed by atoms with van der Waals surface area (Å²) < 4.78 is 0. The van der Waals surface area contributed by atoms with Crippen molar-refractivity contribution in [2.24, 2.45) is 0 Å². The average molecular weight is 218 g/mol. The van der Waals surface area contributed by atoms with E-state index < -0.39 is 0 Å². The SMILES string of the molecule is CCc1cccc(NCc2cncs2)c1. The largest absolute Gasteiger partial charge is 0.380 e. The van der Waals surface area contributed by atoms with Crippen LogP contribution < -0.4 is 5.32 Å². The zero-order valence-corrected chi connectivity index (χ0v) is 9.55. The smallest absolute Gasteiger partial charge is 0.0794 e. The molecule has 3 heteroatoms. The third kappa shape index (κ3) is 2.80. The van der Waals surface area contributed by atoms with Crippen molar-refractivity contribution in [3.8, 4) is 0 Å². The van der Waals surface area contributed by atoms with Gasteiger partial charge in [0, 0.05) is 16.8 Å². The van der Waals surface area contributed by atoms with Gasteiger partial charge in [-0.3, -0.25) is 4.98 Å². The molecule has 0 aliphatic rings. The summed E-state index contributed by atoms with van der Waals surface area (Å²) in [5.74, 6) is 0. The van der Waals surface area contributed by atoms with Gasteiger partial charge in [-0.2, -0.15) is 0 Å². The molecule has 0 fully saturated rings. The standard InChI is InChI=1S/C12H14N2S/c1-2-10-4-3-5-11(6-10)14-8-12-7-13-9-15-12/h3-7,9,14H,2,8H2,1H3. The van der Waals surface area contributed by atoms with Crippen LogP contribution in [0.1, 0.15) is 17.4 Å². The fourth-order valence-corrected chi connectivity index (χ4v) is 1.95. The van der Waals surface area contributed by atoms with E-state index in [1.54, 1.807) is 11.3 Å². The first-order valence-electron chi connectivity index (χ1n) is 5.08. The lowest BCUT2D eigenvalue weighted by Crippen LogP contribution is -1.97. The van der Waals surface area contributed by atoms with Gasteiger partial charge >= 0.3 is 0 Å². The summed E-state index contributed by atoms with van der Waals surface area (Å²) in [7, 11) is 0. The van der Waals surface area contributed by atoms with Crippen molar-refractivity contribution in [3.63, 3.8) is 0 Å². The van der Waals surface area contributed by atoms with Crippen molar-refractivity contribution < 1.29 is 0 Å². The summed E-state index contributed by atoms with van der Waals surface area (Å²) in [5, 5.41) is 3.39. The molecule has 1 N–H and O–H groups in total. The molecule has 0 bridgehead atoms. The van der Waals surface area contributed by atoms with Gasteiger partial charge in [0.05, 0.1) is 12.1 Å². The van der Waals surface area contributed by atoms with Crippen LogP contribution >= 0.6 is 11.3 Å². The Kier molecular flexibility index (Phi) is 3.35. The van der Waals surface area contributed by atoms with Crippen LogP contribution in [0.5, 0.6) is 0 Å². The van der Waals surface area contributed by atoms with E-state index in [2.05, 4.69) is 41.5 Å². The van der Waals surface area contributed by atoms with Crippen molar-refractivity contribution in [1.29, 1.82) is 0 Å². The normalized spacial score (nSPS) is 10.2. The lowest BCUT2D eigenvalue weighted by atomic mass is 10.1. The number of aromatic nitrogens is 1. The molecule has 2 rings (SSSR count). The van der Waals surface area contributed by atoms with Gasteiger partial charge in [-0.25, -0.2) is 0 Å². The van der Waals surface area contributed by atoms with Crippen LogP contribution in [0.3, 0.4) is 0 Å². The Balaban J connectivity index is 1.98. The van der Waals surface area contributed by atoms with Gasteiger partial charge in [-0.1, -0.05) is 19.1 Å². The van der Waals surface area contributed by atoms with Crippen LogP contribution in [0, 0.1) is 0 Å². The molecule has 0 radical (unpaired) electrons. The van der Waals surface area contributed by atoms with E-state index in [4.69, 9.17) is 0 Å². The highest BCUT2D eigenvalue weighted by molar-refractivity contribution is 7.09. The number of nitrogens with zero attached hydrogens (tertiary/aromatic N) is 1. The van der Waals surface area contributed by atoms with Gasteiger partial charge < -0.3 is 5.32 Å². The van der Waals surface area contributed by atoms with Crippen LogP contribution in [-0.4, -0.2) is 4.98 Å². The van der Waals surface area contributed by atoms with Crippen molar-refractivity contribution >= 4 is 17.0 Å². The van der Waals surface area contributed by atoms with Gasteiger partial charge in [-0.15, -0.1) is 11.3 Å². The number of rotatable bonds is 4.